The molecule has 1 aromatic rings. The second-order valence-electron chi connectivity index (χ2n) is 4.46. The van der Waals surface area contributed by atoms with E-state index in [1.165, 1.54) is 11.3 Å². The van der Waals surface area contributed by atoms with Crippen LogP contribution in [-0.2, 0) is 0 Å². The molecule has 0 saturated heterocycles. The molecular weight excluding hydrogens is 252 g/mol. The summed E-state index contributed by atoms with van der Waals surface area (Å²) >= 11 is 1.26. The average Bonchev–Trinajstić information content (AvgIpc) is 2.66. The van der Waals surface area contributed by atoms with Crippen LogP contribution in [0.2, 0.25) is 0 Å². The Hall–Kier alpha value is -1.34. The van der Waals surface area contributed by atoms with Crippen molar-refractivity contribution in [3.63, 3.8) is 0 Å². The summed E-state index contributed by atoms with van der Waals surface area (Å²) in [6.07, 6.45) is 1.94. The molecule has 1 aliphatic carbocycles. The first-order valence-corrected chi connectivity index (χ1v) is 6.91. The van der Waals surface area contributed by atoms with Gasteiger partial charge in [0.05, 0.1) is 6.10 Å². The molecule has 0 radical (unpaired) electrons. The molecule has 0 atom stereocenters. The first-order valence-electron chi connectivity index (χ1n) is 6.09. The van der Waals surface area contributed by atoms with Gasteiger partial charge in [-0.2, -0.15) is 0 Å². The van der Waals surface area contributed by atoms with Crippen LogP contribution in [0.5, 0.6) is 0 Å². The Balaban J connectivity index is 1.94. The summed E-state index contributed by atoms with van der Waals surface area (Å²) in [5.41, 5.74) is 5.73. The number of thiazole rings is 1. The van der Waals surface area contributed by atoms with Crippen molar-refractivity contribution >= 4 is 28.2 Å². The summed E-state index contributed by atoms with van der Waals surface area (Å²) in [6.45, 7) is 2.86. The van der Waals surface area contributed by atoms with Crippen molar-refractivity contribution in [2.24, 2.45) is 0 Å². The molecule has 2 rings (SSSR count). The summed E-state index contributed by atoms with van der Waals surface area (Å²) in [7, 11) is 0. The second-order valence-corrected chi connectivity index (χ2v) is 5.45. The largest absolute Gasteiger partial charge is 0.393 e. The lowest BCUT2D eigenvalue weighted by atomic mass is 9.89. The zero-order chi connectivity index (χ0) is 13.1. The standard InChI is InChI=1S/C11H18N4O2S/c1-2-3-13-11-15-9(12)8(18-11)10(17)14-6-4-7(16)5-6/h6-7,16H,2-5,12H2,1H3,(H,13,15)(H,14,17). The number of nitrogens with zero attached hydrogens (tertiary/aromatic N) is 1. The highest BCUT2D eigenvalue weighted by Gasteiger charge is 2.29. The number of hydrogen-bond acceptors (Lipinski definition) is 6. The van der Waals surface area contributed by atoms with E-state index in [1.807, 2.05) is 0 Å². The number of nitrogen functional groups attached to an aromatic ring is 1. The van der Waals surface area contributed by atoms with Crippen LogP contribution in [0.3, 0.4) is 0 Å². The molecule has 5 N–H and O–H groups in total. The highest BCUT2D eigenvalue weighted by molar-refractivity contribution is 7.18. The molecule has 1 saturated carbocycles. The Bertz CT molecular complexity index is 429. The SMILES string of the molecule is CCCNc1nc(N)c(C(=O)NC2CC(O)C2)s1. The van der Waals surface area contributed by atoms with E-state index in [-0.39, 0.29) is 23.9 Å². The molecule has 0 spiro atoms. The molecule has 1 heterocycles. The van der Waals surface area contributed by atoms with E-state index >= 15 is 0 Å². The van der Waals surface area contributed by atoms with Crippen LogP contribution in [0.15, 0.2) is 0 Å². The maximum atomic E-state index is 11.9. The van der Waals surface area contributed by atoms with Crippen LogP contribution in [0.1, 0.15) is 35.9 Å². The van der Waals surface area contributed by atoms with E-state index in [0.717, 1.165) is 13.0 Å². The molecule has 1 aromatic heterocycles. The van der Waals surface area contributed by atoms with Gasteiger partial charge < -0.3 is 21.5 Å². The van der Waals surface area contributed by atoms with Gasteiger partial charge in [-0.3, -0.25) is 4.79 Å². The number of hydrogen-bond donors (Lipinski definition) is 4. The lowest BCUT2D eigenvalue weighted by molar-refractivity contribution is 0.0565. The number of aromatic nitrogens is 1. The van der Waals surface area contributed by atoms with Crippen molar-refractivity contribution in [2.75, 3.05) is 17.6 Å². The monoisotopic (exact) mass is 270 g/mol. The maximum absolute atomic E-state index is 11.9. The zero-order valence-electron chi connectivity index (χ0n) is 10.3. The number of aliphatic hydroxyl groups is 1. The fourth-order valence-corrected chi connectivity index (χ4v) is 2.57. The Labute approximate surface area is 110 Å². The molecule has 18 heavy (non-hydrogen) atoms. The van der Waals surface area contributed by atoms with Crippen molar-refractivity contribution in [3.8, 4) is 0 Å². The molecule has 1 fully saturated rings. The minimum absolute atomic E-state index is 0.0565. The number of anilines is 2. The lowest BCUT2D eigenvalue weighted by Crippen LogP contribution is -2.46. The van der Waals surface area contributed by atoms with Crippen molar-refractivity contribution in [1.82, 2.24) is 10.3 Å². The molecular formula is C11H18N4O2S. The van der Waals surface area contributed by atoms with Gasteiger partial charge in [0.15, 0.2) is 5.13 Å². The number of amides is 1. The van der Waals surface area contributed by atoms with Crippen LogP contribution < -0.4 is 16.4 Å². The Morgan fingerprint density at radius 2 is 2.33 bits per heavy atom. The zero-order valence-corrected chi connectivity index (χ0v) is 11.1. The molecule has 0 aromatic carbocycles. The summed E-state index contributed by atoms with van der Waals surface area (Å²) in [6, 6.07) is 0.0565. The summed E-state index contributed by atoms with van der Waals surface area (Å²) < 4.78 is 0. The van der Waals surface area contributed by atoms with Crippen LogP contribution in [0.4, 0.5) is 10.9 Å². The maximum Gasteiger partial charge on any atom is 0.265 e. The molecule has 100 valence electrons. The smallest absolute Gasteiger partial charge is 0.265 e. The fourth-order valence-electron chi connectivity index (χ4n) is 1.76. The number of carbonyl (C=O) groups is 1. The fraction of sp³-hybridized carbons (Fsp3) is 0.636. The first kappa shape index (κ1) is 13.1. The molecule has 0 unspecified atom stereocenters. The summed E-state index contributed by atoms with van der Waals surface area (Å²) in [5.74, 6) is 0.0578. The molecule has 1 amide bonds. The van der Waals surface area contributed by atoms with Crippen molar-refractivity contribution in [1.29, 1.82) is 0 Å². The third-order valence-electron chi connectivity index (χ3n) is 2.83. The predicted molar refractivity (Wildman–Crippen MR) is 71.8 cm³/mol. The van der Waals surface area contributed by atoms with Gasteiger partial charge in [0, 0.05) is 12.6 Å². The van der Waals surface area contributed by atoms with E-state index in [9.17, 15) is 4.79 Å². The third kappa shape index (κ3) is 2.91. The topological polar surface area (TPSA) is 100 Å². The van der Waals surface area contributed by atoms with E-state index in [1.54, 1.807) is 0 Å². The summed E-state index contributed by atoms with van der Waals surface area (Å²) in [5, 5.41) is 15.8. The van der Waals surface area contributed by atoms with Crippen molar-refractivity contribution in [2.45, 2.75) is 38.3 Å². The first-order chi connectivity index (χ1) is 8.60. The summed E-state index contributed by atoms with van der Waals surface area (Å²) in [4.78, 5) is 16.5. The average molecular weight is 270 g/mol. The number of carbonyl (C=O) groups excluding carboxylic acids is 1. The molecule has 6 nitrogen and oxygen atoms in total. The van der Waals surface area contributed by atoms with Crippen molar-refractivity contribution < 1.29 is 9.90 Å². The molecule has 7 heteroatoms. The quantitative estimate of drug-likeness (QED) is 0.634. The third-order valence-corrected chi connectivity index (χ3v) is 3.86. The lowest BCUT2D eigenvalue weighted by Gasteiger charge is -2.31. The van der Waals surface area contributed by atoms with Crippen LogP contribution >= 0.6 is 11.3 Å². The predicted octanol–water partition coefficient (Wildman–Crippen LogP) is 0.800. The van der Waals surface area contributed by atoms with Crippen LogP contribution in [0.25, 0.3) is 0 Å². The van der Waals surface area contributed by atoms with E-state index in [2.05, 4.69) is 22.5 Å². The second kappa shape index (κ2) is 5.53. The van der Waals surface area contributed by atoms with Crippen LogP contribution in [-0.4, -0.2) is 34.7 Å². The highest BCUT2D eigenvalue weighted by Crippen LogP contribution is 2.26. The number of aliphatic hydroxyl groups excluding tert-OH is 1. The Morgan fingerprint density at radius 3 is 2.94 bits per heavy atom. The van der Waals surface area contributed by atoms with Gasteiger partial charge in [-0.25, -0.2) is 4.98 Å². The van der Waals surface area contributed by atoms with E-state index in [4.69, 9.17) is 10.8 Å². The number of nitrogens with two attached hydrogens (primary N) is 1. The Morgan fingerprint density at radius 1 is 1.61 bits per heavy atom. The van der Waals surface area contributed by atoms with Gasteiger partial charge in [0.1, 0.15) is 10.7 Å². The molecule has 0 aliphatic heterocycles. The molecule has 0 bridgehead atoms. The Kier molecular flexibility index (Phi) is 4.03. The van der Waals surface area contributed by atoms with E-state index < -0.39 is 0 Å². The van der Waals surface area contributed by atoms with Crippen LogP contribution in [0, 0.1) is 0 Å². The highest BCUT2D eigenvalue weighted by atomic mass is 32.1. The molecule has 1 aliphatic rings. The normalized spacial score (nSPS) is 22.3. The number of rotatable bonds is 5. The van der Waals surface area contributed by atoms with Gasteiger partial charge in [0.2, 0.25) is 0 Å². The van der Waals surface area contributed by atoms with E-state index in [0.29, 0.717) is 22.9 Å². The van der Waals surface area contributed by atoms with Crippen molar-refractivity contribution in [3.05, 3.63) is 4.88 Å². The van der Waals surface area contributed by atoms with Gasteiger partial charge in [-0.15, -0.1) is 0 Å². The van der Waals surface area contributed by atoms with Gasteiger partial charge in [-0.1, -0.05) is 18.3 Å². The van der Waals surface area contributed by atoms with Gasteiger partial charge >= 0.3 is 0 Å². The van der Waals surface area contributed by atoms with Gasteiger partial charge in [0.25, 0.3) is 5.91 Å². The number of nitrogens with one attached hydrogen (secondary N) is 2. The minimum atomic E-state index is -0.282. The van der Waals surface area contributed by atoms with Gasteiger partial charge in [-0.05, 0) is 19.3 Å². The minimum Gasteiger partial charge on any atom is -0.393 e.